The minimum absolute atomic E-state index is 0.0115. The number of carbonyl (C=O) groups is 2. The van der Waals surface area contributed by atoms with Crippen molar-refractivity contribution >= 4 is 29.1 Å². The first kappa shape index (κ1) is 21.2. The number of amides is 2. The van der Waals surface area contributed by atoms with Crippen molar-refractivity contribution in [3.8, 4) is 5.75 Å². The normalized spacial score (nSPS) is 14.5. The summed E-state index contributed by atoms with van der Waals surface area (Å²) in [6, 6.07) is 6.90. The molecule has 0 saturated heterocycles. The molecule has 2 rings (SSSR count). The fraction of sp³-hybridized carbons (Fsp3) is 0.550. The average molecular weight is 392 g/mol. The molecule has 0 unspecified atom stereocenters. The van der Waals surface area contributed by atoms with Gasteiger partial charge < -0.3 is 10.1 Å². The van der Waals surface area contributed by atoms with Gasteiger partial charge in [-0.25, -0.2) is 0 Å². The van der Waals surface area contributed by atoms with Crippen molar-refractivity contribution in [3.05, 3.63) is 29.8 Å². The van der Waals surface area contributed by atoms with E-state index in [0.717, 1.165) is 37.9 Å². The van der Waals surface area contributed by atoms with E-state index in [1.807, 2.05) is 0 Å². The maximum Gasteiger partial charge on any atom is 0.269 e. The number of rotatable bonds is 6. The third kappa shape index (κ3) is 7.54. The third-order valence-corrected chi connectivity index (χ3v) is 4.79. The van der Waals surface area contributed by atoms with Gasteiger partial charge in [0.25, 0.3) is 5.91 Å². The van der Waals surface area contributed by atoms with Gasteiger partial charge in [-0.05, 0) is 61.7 Å². The van der Waals surface area contributed by atoms with E-state index in [4.69, 9.17) is 17.0 Å². The van der Waals surface area contributed by atoms with Gasteiger partial charge in [0, 0.05) is 11.5 Å². The second kappa shape index (κ2) is 10.9. The van der Waals surface area contributed by atoms with Crippen LogP contribution in [0.1, 0.15) is 62.7 Å². The van der Waals surface area contributed by atoms with Crippen LogP contribution in [0.15, 0.2) is 24.3 Å². The Hall–Kier alpha value is -2.15. The Kier molecular flexibility index (Phi) is 8.51. The van der Waals surface area contributed by atoms with Gasteiger partial charge in [0.05, 0.1) is 6.61 Å². The van der Waals surface area contributed by atoms with Crippen molar-refractivity contribution in [1.82, 2.24) is 16.2 Å². The largest absolute Gasteiger partial charge is 0.494 e. The molecule has 1 fully saturated rings. The Morgan fingerprint density at radius 2 is 1.78 bits per heavy atom. The number of hydrazine groups is 1. The lowest BCUT2D eigenvalue weighted by molar-refractivity contribution is -0.124. The molecule has 0 atom stereocenters. The summed E-state index contributed by atoms with van der Waals surface area (Å²) in [6.45, 7) is 4.94. The van der Waals surface area contributed by atoms with Gasteiger partial charge in [-0.3, -0.25) is 20.4 Å². The van der Waals surface area contributed by atoms with E-state index in [9.17, 15) is 9.59 Å². The highest BCUT2D eigenvalue weighted by molar-refractivity contribution is 7.80. The Morgan fingerprint density at radius 3 is 2.41 bits per heavy atom. The number of hydrogen-bond acceptors (Lipinski definition) is 4. The van der Waals surface area contributed by atoms with Crippen molar-refractivity contribution in [2.45, 2.75) is 52.4 Å². The zero-order valence-corrected chi connectivity index (χ0v) is 16.9. The van der Waals surface area contributed by atoms with Crippen molar-refractivity contribution in [1.29, 1.82) is 0 Å². The zero-order chi connectivity index (χ0) is 19.6. The maximum absolute atomic E-state index is 12.2. The summed E-state index contributed by atoms with van der Waals surface area (Å²) in [6.07, 6.45) is 6.11. The maximum atomic E-state index is 12.2. The van der Waals surface area contributed by atoms with Crippen LogP contribution in [0.4, 0.5) is 0 Å². The van der Waals surface area contributed by atoms with Crippen LogP contribution in [0.5, 0.6) is 5.75 Å². The zero-order valence-electron chi connectivity index (χ0n) is 16.0. The first-order chi connectivity index (χ1) is 13.0. The molecule has 1 aliphatic rings. The standard InChI is InChI=1S/C20H29N3O3S/c1-14(2)12-13-26-17-10-8-16(9-11-17)19(25)22-23-20(27)21-18(24)15-6-4-3-5-7-15/h8-11,14-15H,3-7,12-13H2,1-2H3,(H,22,25)(H2,21,23,24,27). The van der Waals surface area contributed by atoms with Crippen molar-refractivity contribution in [2.75, 3.05) is 6.61 Å². The predicted molar refractivity (Wildman–Crippen MR) is 109 cm³/mol. The highest BCUT2D eigenvalue weighted by Gasteiger charge is 2.21. The van der Waals surface area contributed by atoms with Crippen LogP contribution in [-0.4, -0.2) is 23.5 Å². The van der Waals surface area contributed by atoms with Crippen molar-refractivity contribution in [2.24, 2.45) is 11.8 Å². The Labute approximate surface area is 166 Å². The number of hydrogen-bond donors (Lipinski definition) is 3. The molecule has 1 aliphatic carbocycles. The van der Waals surface area contributed by atoms with Crippen LogP contribution < -0.4 is 20.9 Å². The first-order valence-corrected chi connectivity index (χ1v) is 10.0. The molecule has 7 heteroatoms. The predicted octanol–water partition coefficient (Wildman–Crippen LogP) is 3.33. The van der Waals surface area contributed by atoms with E-state index < -0.39 is 0 Å². The molecule has 0 spiro atoms. The first-order valence-electron chi connectivity index (χ1n) is 9.59. The van der Waals surface area contributed by atoms with Gasteiger partial charge in [0.1, 0.15) is 5.75 Å². The summed E-state index contributed by atoms with van der Waals surface area (Å²) in [5, 5.41) is 2.75. The van der Waals surface area contributed by atoms with E-state index in [2.05, 4.69) is 30.0 Å². The van der Waals surface area contributed by atoms with Gasteiger partial charge in [0.2, 0.25) is 5.91 Å². The number of carbonyl (C=O) groups excluding carboxylic acids is 2. The molecule has 0 radical (unpaired) electrons. The second-order valence-electron chi connectivity index (χ2n) is 7.29. The minimum Gasteiger partial charge on any atom is -0.494 e. The monoisotopic (exact) mass is 391 g/mol. The number of ether oxygens (including phenoxy) is 1. The van der Waals surface area contributed by atoms with Gasteiger partial charge in [0.15, 0.2) is 5.11 Å². The smallest absolute Gasteiger partial charge is 0.269 e. The van der Waals surface area contributed by atoms with Gasteiger partial charge >= 0.3 is 0 Å². The van der Waals surface area contributed by atoms with Crippen molar-refractivity contribution in [3.63, 3.8) is 0 Å². The third-order valence-electron chi connectivity index (χ3n) is 4.58. The van der Waals surface area contributed by atoms with E-state index in [1.165, 1.54) is 6.42 Å². The SMILES string of the molecule is CC(C)CCOc1ccc(C(=O)NNC(=S)NC(=O)C2CCCCC2)cc1. The van der Waals surface area contributed by atoms with E-state index in [1.54, 1.807) is 24.3 Å². The van der Waals surface area contributed by atoms with Gasteiger partial charge in [-0.1, -0.05) is 33.1 Å². The molecular weight excluding hydrogens is 362 g/mol. The average Bonchev–Trinajstić information content (AvgIpc) is 2.67. The molecule has 0 aromatic heterocycles. The molecule has 1 aromatic rings. The van der Waals surface area contributed by atoms with Crippen LogP contribution in [-0.2, 0) is 4.79 Å². The quantitative estimate of drug-likeness (QED) is 0.512. The summed E-state index contributed by atoms with van der Waals surface area (Å²) in [5.74, 6) is 0.916. The molecule has 27 heavy (non-hydrogen) atoms. The molecule has 0 bridgehead atoms. The number of benzene rings is 1. The Morgan fingerprint density at radius 1 is 1.11 bits per heavy atom. The summed E-state index contributed by atoms with van der Waals surface area (Å²) >= 11 is 5.08. The van der Waals surface area contributed by atoms with E-state index >= 15 is 0 Å². The molecule has 1 aromatic carbocycles. The molecule has 1 saturated carbocycles. The van der Waals surface area contributed by atoms with Crippen LogP contribution in [0.2, 0.25) is 0 Å². The lowest BCUT2D eigenvalue weighted by Crippen LogP contribution is -2.49. The molecule has 3 N–H and O–H groups in total. The highest BCUT2D eigenvalue weighted by atomic mass is 32.1. The van der Waals surface area contributed by atoms with Crippen LogP contribution in [0.3, 0.4) is 0 Å². The molecule has 0 heterocycles. The number of nitrogens with one attached hydrogen (secondary N) is 3. The lowest BCUT2D eigenvalue weighted by Gasteiger charge is -2.21. The van der Waals surface area contributed by atoms with E-state index in [0.29, 0.717) is 18.1 Å². The molecular formula is C20H29N3O3S. The molecule has 6 nitrogen and oxygen atoms in total. The number of thiocarbonyl (C=S) groups is 1. The van der Waals surface area contributed by atoms with Crippen LogP contribution in [0.25, 0.3) is 0 Å². The fourth-order valence-electron chi connectivity index (χ4n) is 2.91. The topological polar surface area (TPSA) is 79.5 Å². The van der Waals surface area contributed by atoms with E-state index in [-0.39, 0.29) is 22.8 Å². The molecule has 2 amide bonds. The fourth-order valence-corrected chi connectivity index (χ4v) is 3.06. The highest BCUT2D eigenvalue weighted by Crippen LogP contribution is 2.23. The summed E-state index contributed by atoms with van der Waals surface area (Å²) in [7, 11) is 0. The second-order valence-corrected chi connectivity index (χ2v) is 7.70. The molecule has 0 aliphatic heterocycles. The summed E-state index contributed by atoms with van der Waals surface area (Å²) in [5.41, 5.74) is 5.55. The van der Waals surface area contributed by atoms with Gasteiger partial charge in [-0.2, -0.15) is 0 Å². The molecule has 148 valence electrons. The van der Waals surface area contributed by atoms with Crippen LogP contribution >= 0.6 is 12.2 Å². The van der Waals surface area contributed by atoms with Gasteiger partial charge in [-0.15, -0.1) is 0 Å². The minimum atomic E-state index is -0.335. The lowest BCUT2D eigenvalue weighted by atomic mass is 9.89. The Balaban J connectivity index is 1.72. The van der Waals surface area contributed by atoms with Crippen LogP contribution in [0, 0.1) is 11.8 Å². The summed E-state index contributed by atoms with van der Waals surface area (Å²) in [4.78, 5) is 24.3. The summed E-state index contributed by atoms with van der Waals surface area (Å²) < 4.78 is 5.64. The Bertz CT molecular complexity index is 640. The van der Waals surface area contributed by atoms with Crippen molar-refractivity contribution < 1.29 is 14.3 Å².